The molecule has 0 bridgehead atoms. The first-order chi connectivity index (χ1) is 16.9. The summed E-state index contributed by atoms with van der Waals surface area (Å²) >= 11 is 0. The van der Waals surface area contributed by atoms with Crippen LogP contribution in [-0.2, 0) is 25.2 Å². The molecule has 1 N–H and O–H groups in total. The van der Waals surface area contributed by atoms with Crippen LogP contribution in [0.2, 0.25) is 0 Å². The number of nitrogens with zero attached hydrogens (tertiary/aromatic N) is 3. The number of urea groups is 1. The topological polar surface area (TPSA) is 124 Å². The largest absolute Gasteiger partial charge is 0.338 e. The highest BCUT2D eigenvalue weighted by Crippen LogP contribution is 2.29. The summed E-state index contributed by atoms with van der Waals surface area (Å²) in [5.41, 5.74) is 0.788. The van der Waals surface area contributed by atoms with Crippen LogP contribution < -0.4 is 5.32 Å². The summed E-state index contributed by atoms with van der Waals surface area (Å²) in [6, 6.07) is 12.3. The van der Waals surface area contributed by atoms with Gasteiger partial charge in [-0.3, -0.25) is 19.3 Å². The SMILES string of the molecule is CC(=O)c1ccc(S(=O)(=O)N2CCN(C(=O)CN3C(=O)N[C@@](C)(c4ccc(C)cc4)C3=O)CC2)cc1. The number of aryl methyl sites for hydroxylation is 1. The molecule has 0 saturated carbocycles. The Hall–Kier alpha value is -3.57. The molecule has 10 nitrogen and oxygen atoms in total. The highest BCUT2D eigenvalue weighted by Gasteiger charge is 2.49. The van der Waals surface area contributed by atoms with E-state index in [-0.39, 0.29) is 36.9 Å². The van der Waals surface area contributed by atoms with Crippen molar-refractivity contribution < 1.29 is 27.6 Å². The number of Topliss-reactive ketones (excluding diaryl/α,β-unsaturated/α-hetero) is 1. The summed E-state index contributed by atoms with van der Waals surface area (Å²) in [5.74, 6) is -1.11. The Labute approximate surface area is 209 Å². The number of nitrogens with one attached hydrogen (secondary N) is 1. The second kappa shape index (κ2) is 9.47. The molecule has 36 heavy (non-hydrogen) atoms. The third-order valence-electron chi connectivity index (χ3n) is 6.69. The van der Waals surface area contributed by atoms with E-state index in [1.54, 1.807) is 19.1 Å². The average Bonchev–Trinajstić information content (AvgIpc) is 3.08. The molecule has 0 aliphatic carbocycles. The van der Waals surface area contributed by atoms with Gasteiger partial charge in [0, 0.05) is 31.7 Å². The zero-order valence-corrected chi connectivity index (χ0v) is 21.2. The summed E-state index contributed by atoms with van der Waals surface area (Å²) in [6.45, 7) is 4.90. The van der Waals surface area contributed by atoms with Crippen LogP contribution >= 0.6 is 0 Å². The van der Waals surface area contributed by atoms with Gasteiger partial charge in [-0.25, -0.2) is 13.2 Å². The van der Waals surface area contributed by atoms with Crippen LogP contribution in [0, 0.1) is 6.92 Å². The zero-order valence-electron chi connectivity index (χ0n) is 20.4. The van der Waals surface area contributed by atoms with Crippen LogP contribution in [0.3, 0.4) is 0 Å². The van der Waals surface area contributed by atoms with Gasteiger partial charge in [-0.1, -0.05) is 42.0 Å². The van der Waals surface area contributed by atoms with E-state index in [0.29, 0.717) is 11.1 Å². The van der Waals surface area contributed by atoms with Crippen LogP contribution in [0.25, 0.3) is 0 Å². The molecule has 4 amide bonds. The van der Waals surface area contributed by atoms with Crippen molar-refractivity contribution in [2.24, 2.45) is 0 Å². The number of carbonyl (C=O) groups is 4. The molecule has 4 rings (SSSR count). The summed E-state index contributed by atoms with van der Waals surface area (Å²) < 4.78 is 27.2. The van der Waals surface area contributed by atoms with E-state index in [0.717, 1.165) is 10.5 Å². The lowest BCUT2D eigenvalue weighted by atomic mass is 9.91. The number of rotatable bonds is 6. The van der Waals surface area contributed by atoms with E-state index in [4.69, 9.17) is 0 Å². The zero-order chi connectivity index (χ0) is 26.3. The third-order valence-corrected chi connectivity index (χ3v) is 8.60. The fraction of sp³-hybridized carbons (Fsp3) is 0.360. The second-order valence-electron chi connectivity index (χ2n) is 9.18. The van der Waals surface area contributed by atoms with E-state index in [2.05, 4.69) is 5.32 Å². The predicted molar refractivity (Wildman–Crippen MR) is 131 cm³/mol. The Morgan fingerprint density at radius 2 is 1.53 bits per heavy atom. The molecule has 1 atom stereocenters. The molecular formula is C25H28N4O6S. The smallest absolute Gasteiger partial charge is 0.325 e. The van der Waals surface area contributed by atoms with Crippen LogP contribution in [0.5, 0.6) is 0 Å². The van der Waals surface area contributed by atoms with Gasteiger partial charge >= 0.3 is 6.03 Å². The minimum atomic E-state index is -3.79. The Kier molecular flexibility index (Phi) is 6.72. The Bertz CT molecular complexity index is 1320. The molecule has 0 radical (unpaired) electrons. The third kappa shape index (κ3) is 4.63. The molecule has 2 heterocycles. The number of carbonyl (C=O) groups excluding carboxylic acids is 4. The second-order valence-corrected chi connectivity index (χ2v) is 11.1. The lowest BCUT2D eigenvalue weighted by Gasteiger charge is -2.34. The molecule has 2 fully saturated rings. The van der Waals surface area contributed by atoms with Gasteiger partial charge in [0.05, 0.1) is 4.90 Å². The lowest BCUT2D eigenvalue weighted by Crippen LogP contribution is -2.53. The molecule has 2 aromatic rings. The minimum absolute atomic E-state index is 0.0713. The number of piperazine rings is 1. The molecule has 2 aliphatic rings. The first kappa shape index (κ1) is 25.5. The van der Waals surface area contributed by atoms with Gasteiger partial charge in [-0.05, 0) is 38.5 Å². The molecule has 2 saturated heterocycles. The first-order valence-electron chi connectivity index (χ1n) is 11.5. The van der Waals surface area contributed by atoms with Crippen LogP contribution in [-0.4, -0.2) is 78.9 Å². The van der Waals surface area contributed by atoms with Gasteiger partial charge in [0.1, 0.15) is 12.1 Å². The number of benzene rings is 2. The number of amides is 4. The van der Waals surface area contributed by atoms with Crippen molar-refractivity contribution in [2.45, 2.75) is 31.2 Å². The van der Waals surface area contributed by atoms with E-state index in [1.807, 2.05) is 19.1 Å². The minimum Gasteiger partial charge on any atom is -0.338 e. The Morgan fingerprint density at radius 3 is 2.08 bits per heavy atom. The van der Waals surface area contributed by atoms with Gasteiger partial charge in [0.15, 0.2) is 5.78 Å². The Balaban J connectivity index is 1.38. The standard InChI is InChI=1S/C25H28N4O6S/c1-17-4-8-20(9-5-17)25(3)23(32)29(24(33)26-25)16-22(31)27-12-14-28(15-13-27)36(34,35)21-10-6-19(7-11-21)18(2)30/h4-11H,12-16H2,1-3H3,(H,26,33)/t25-/m0/s1. The first-order valence-corrected chi connectivity index (χ1v) is 13.0. The maximum absolute atomic E-state index is 13.1. The van der Waals surface area contributed by atoms with Crippen molar-refractivity contribution in [2.75, 3.05) is 32.7 Å². The molecule has 2 aromatic carbocycles. The van der Waals surface area contributed by atoms with Gasteiger partial charge in [-0.15, -0.1) is 0 Å². The maximum Gasteiger partial charge on any atom is 0.325 e. The number of ketones is 1. The number of hydrogen-bond donors (Lipinski definition) is 1. The predicted octanol–water partition coefficient (Wildman–Crippen LogP) is 1.50. The molecule has 0 spiro atoms. The molecular weight excluding hydrogens is 484 g/mol. The van der Waals surface area contributed by atoms with Crippen molar-refractivity contribution in [3.05, 3.63) is 65.2 Å². The summed E-state index contributed by atoms with van der Waals surface area (Å²) in [5, 5.41) is 2.69. The van der Waals surface area contributed by atoms with Crippen molar-refractivity contribution in [1.82, 2.24) is 19.4 Å². The van der Waals surface area contributed by atoms with Crippen LogP contribution in [0.4, 0.5) is 4.79 Å². The van der Waals surface area contributed by atoms with E-state index >= 15 is 0 Å². The average molecular weight is 513 g/mol. The van der Waals surface area contributed by atoms with Crippen molar-refractivity contribution in [3.8, 4) is 0 Å². The van der Waals surface area contributed by atoms with Crippen molar-refractivity contribution >= 4 is 33.7 Å². The molecule has 190 valence electrons. The van der Waals surface area contributed by atoms with Gasteiger partial charge in [-0.2, -0.15) is 4.31 Å². The molecule has 0 unspecified atom stereocenters. The quantitative estimate of drug-likeness (QED) is 0.462. The number of hydrogen-bond acceptors (Lipinski definition) is 6. The van der Waals surface area contributed by atoms with Crippen LogP contribution in [0.1, 0.15) is 35.3 Å². The number of sulfonamides is 1. The lowest BCUT2D eigenvalue weighted by molar-refractivity contribution is -0.139. The van der Waals surface area contributed by atoms with E-state index in [9.17, 15) is 27.6 Å². The van der Waals surface area contributed by atoms with E-state index < -0.39 is 40.0 Å². The maximum atomic E-state index is 13.1. The monoisotopic (exact) mass is 512 g/mol. The van der Waals surface area contributed by atoms with Gasteiger partial charge in [0.2, 0.25) is 15.9 Å². The van der Waals surface area contributed by atoms with Crippen LogP contribution in [0.15, 0.2) is 53.4 Å². The summed E-state index contributed by atoms with van der Waals surface area (Å²) in [6.07, 6.45) is 0. The highest BCUT2D eigenvalue weighted by molar-refractivity contribution is 7.89. The van der Waals surface area contributed by atoms with Gasteiger partial charge in [0.25, 0.3) is 5.91 Å². The fourth-order valence-corrected chi connectivity index (χ4v) is 5.77. The van der Waals surface area contributed by atoms with Crippen molar-refractivity contribution in [1.29, 1.82) is 0 Å². The summed E-state index contributed by atoms with van der Waals surface area (Å²) in [7, 11) is -3.79. The molecule has 0 aromatic heterocycles. The highest BCUT2D eigenvalue weighted by atomic mass is 32.2. The van der Waals surface area contributed by atoms with E-state index in [1.165, 1.54) is 40.4 Å². The summed E-state index contributed by atoms with van der Waals surface area (Å²) in [4.78, 5) is 52.5. The normalized spacial score (nSPS) is 21.0. The molecule has 11 heteroatoms. The Morgan fingerprint density at radius 1 is 0.944 bits per heavy atom. The molecule has 2 aliphatic heterocycles. The van der Waals surface area contributed by atoms with Gasteiger partial charge < -0.3 is 10.2 Å². The van der Waals surface area contributed by atoms with Crippen molar-refractivity contribution in [3.63, 3.8) is 0 Å². The number of imide groups is 1. The fourth-order valence-electron chi connectivity index (χ4n) is 4.35.